The predicted molar refractivity (Wildman–Crippen MR) is 178 cm³/mol. The molecule has 0 saturated heterocycles. The molecule has 0 aliphatic rings. The highest BCUT2D eigenvalue weighted by atomic mass is 35.5. The molecule has 0 unspecified atom stereocenters. The van der Waals surface area contributed by atoms with E-state index in [1.807, 2.05) is 37.3 Å². The summed E-state index contributed by atoms with van der Waals surface area (Å²) in [6, 6.07) is 25.9. The van der Waals surface area contributed by atoms with Gasteiger partial charge in [0, 0.05) is 30.1 Å². The van der Waals surface area contributed by atoms with Gasteiger partial charge in [0.2, 0.25) is 11.8 Å². The number of benzene rings is 4. The SMILES string of the molecule is CCCCNC(=O)[C@H](Cc1ccccc1)N(Cc1ccccc1F)C(=O)CN(c1ccc(Cl)cc1)S(=O)(=O)c1ccc(OC)cc1. The van der Waals surface area contributed by atoms with Crippen LogP contribution < -0.4 is 14.4 Å². The second-order valence-electron chi connectivity index (χ2n) is 10.6. The van der Waals surface area contributed by atoms with Crippen molar-refractivity contribution in [2.45, 2.75) is 43.7 Å². The largest absolute Gasteiger partial charge is 0.497 e. The Morgan fingerprint density at radius 1 is 0.913 bits per heavy atom. The molecule has 0 aliphatic carbocycles. The van der Waals surface area contributed by atoms with Gasteiger partial charge in [0.15, 0.2) is 0 Å². The summed E-state index contributed by atoms with van der Waals surface area (Å²) in [6.45, 7) is 1.46. The predicted octanol–water partition coefficient (Wildman–Crippen LogP) is 6.24. The number of hydrogen-bond acceptors (Lipinski definition) is 5. The molecule has 1 N–H and O–H groups in total. The molecule has 0 saturated carbocycles. The topological polar surface area (TPSA) is 96.0 Å². The van der Waals surface area contributed by atoms with Crippen LogP contribution in [-0.2, 0) is 32.6 Å². The smallest absolute Gasteiger partial charge is 0.264 e. The lowest BCUT2D eigenvalue weighted by Gasteiger charge is -2.34. The van der Waals surface area contributed by atoms with Gasteiger partial charge in [-0.15, -0.1) is 0 Å². The zero-order valence-electron chi connectivity index (χ0n) is 25.7. The third kappa shape index (κ3) is 8.86. The van der Waals surface area contributed by atoms with Gasteiger partial charge in [-0.3, -0.25) is 13.9 Å². The number of unbranched alkanes of at least 4 members (excludes halogenated alkanes) is 1. The summed E-state index contributed by atoms with van der Waals surface area (Å²) in [5.41, 5.74) is 1.16. The lowest BCUT2D eigenvalue weighted by Crippen LogP contribution is -2.53. The summed E-state index contributed by atoms with van der Waals surface area (Å²) < 4.78 is 49.4. The van der Waals surface area contributed by atoms with Gasteiger partial charge in [-0.1, -0.05) is 73.5 Å². The van der Waals surface area contributed by atoms with Crippen LogP contribution in [-0.4, -0.2) is 51.4 Å². The number of nitrogens with one attached hydrogen (secondary N) is 1. The second-order valence-corrected chi connectivity index (χ2v) is 12.9. The van der Waals surface area contributed by atoms with Crippen LogP contribution in [0, 0.1) is 5.82 Å². The fourth-order valence-electron chi connectivity index (χ4n) is 4.88. The zero-order valence-corrected chi connectivity index (χ0v) is 27.3. The van der Waals surface area contributed by atoms with Crippen LogP contribution in [0.25, 0.3) is 0 Å². The van der Waals surface area contributed by atoms with E-state index >= 15 is 4.39 Å². The first-order chi connectivity index (χ1) is 22.1. The van der Waals surface area contributed by atoms with E-state index in [9.17, 15) is 18.0 Å². The minimum atomic E-state index is -4.31. The van der Waals surface area contributed by atoms with Gasteiger partial charge in [-0.25, -0.2) is 12.8 Å². The quantitative estimate of drug-likeness (QED) is 0.152. The molecule has 242 valence electrons. The van der Waals surface area contributed by atoms with Crippen LogP contribution in [0.1, 0.15) is 30.9 Å². The molecule has 4 aromatic rings. The summed E-state index contributed by atoms with van der Waals surface area (Å²) in [5.74, 6) is -1.20. The van der Waals surface area contributed by atoms with Gasteiger partial charge >= 0.3 is 0 Å². The van der Waals surface area contributed by atoms with Crippen LogP contribution in [0.2, 0.25) is 5.02 Å². The van der Waals surface area contributed by atoms with Crippen molar-refractivity contribution in [2.24, 2.45) is 0 Å². The number of methoxy groups -OCH3 is 1. The first-order valence-electron chi connectivity index (χ1n) is 14.9. The summed E-state index contributed by atoms with van der Waals surface area (Å²) >= 11 is 6.11. The van der Waals surface area contributed by atoms with Crippen molar-refractivity contribution in [3.8, 4) is 5.75 Å². The van der Waals surface area contributed by atoms with E-state index in [0.29, 0.717) is 17.3 Å². The Hall–Kier alpha value is -4.41. The molecule has 4 aromatic carbocycles. The monoisotopic (exact) mass is 665 g/mol. The zero-order chi connectivity index (χ0) is 33.1. The van der Waals surface area contributed by atoms with E-state index in [0.717, 1.165) is 22.7 Å². The van der Waals surface area contributed by atoms with Crippen LogP contribution in [0.5, 0.6) is 5.75 Å². The summed E-state index contributed by atoms with van der Waals surface area (Å²) in [6.07, 6.45) is 1.71. The molecule has 0 radical (unpaired) electrons. The van der Waals surface area contributed by atoms with E-state index < -0.39 is 40.2 Å². The van der Waals surface area contributed by atoms with Crippen molar-refractivity contribution >= 4 is 39.1 Å². The number of anilines is 1. The van der Waals surface area contributed by atoms with E-state index in [4.69, 9.17) is 16.3 Å². The molecular formula is C35H37ClFN3O5S. The van der Waals surface area contributed by atoms with Crippen molar-refractivity contribution < 1.29 is 27.1 Å². The maximum Gasteiger partial charge on any atom is 0.264 e. The number of carbonyl (C=O) groups excluding carboxylic acids is 2. The van der Waals surface area contributed by atoms with Gasteiger partial charge in [0.1, 0.15) is 24.2 Å². The number of amides is 2. The molecule has 0 spiro atoms. The van der Waals surface area contributed by atoms with E-state index in [2.05, 4.69) is 5.32 Å². The van der Waals surface area contributed by atoms with E-state index in [-0.39, 0.29) is 29.1 Å². The summed E-state index contributed by atoms with van der Waals surface area (Å²) in [4.78, 5) is 29.4. The average molecular weight is 666 g/mol. The highest BCUT2D eigenvalue weighted by Crippen LogP contribution is 2.27. The standard InChI is InChI=1S/C35H37ClFN3O5S/c1-3-4-22-38-35(42)33(23-26-10-6-5-7-11-26)39(24-27-12-8-9-13-32(27)37)34(41)25-40(29-16-14-28(36)15-17-29)46(43,44)31-20-18-30(45-2)19-21-31/h5-21,33H,3-4,22-25H2,1-2H3,(H,38,42)/t33-/m0/s1. The van der Waals surface area contributed by atoms with E-state index in [1.165, 1.54) is 78.7 Å². The highest BCUT2D eigenvalue weighted by molar-refractivity contribution is 7.92. The van der Waals surface area contributed by atoms with Gasteiger partial charge < -0.3 is 15.0 Å². The van der Waals surface area contributed by atoms with Crippen molar-refractivity contribution in [1.82, 2.24) is 10.2 Å². The molecule has 1 atom stereocenters. The van der Waals surface area contributed by atoms with E-state index in [1.54, 1.807) is 6.07 Å². The number of halogens is 2. The highest BCUT2D eigenvalue weighted by Gasteiger charge is 2.35. The molecule has 8 nitrogen and oxygen atoms in total. The first kappa shape index (κ1) is 34.5. The Morgan fingerprint density at radius 3 is 2.20 bits per heavy atom. The number of hydrogen-bond donors (Lipinski definition) is 1. The van der Waals surface area contributed by atoms with Crippen LogP contribution in [0.3, 0.4) is 0 Å². The Bertz CT molecular complexity index is 1700. The number of carbonyl (C=O) groups is 2. The molecule has 0 fully saturated rings. The lowest BCUT2D eigenvalue weighted by molar-refractivity contribution is -0.140. The Kier molecular flexibility index (Phi) is 12.2. The molecule has 0 heterocycles. The normalized spacial score (nSPS) is 11.8. The fraction of sp³-hybridized carbons (Fsp3) is 0.257. The molecule has 11 heteroatoms. The third-order valence-corrected chi connectivity index (χ3v) is 9.48. The first-order valence-corrected chi connectivity index (χ1v) is 16.7. The van der Waals surface area contributed by atoms with Crippen molar-refractivity contribution in [3.05, 3.63) is 125 Å². The minimum absolute atomic E-state index is 0.0742. The third-order valence-electron chi connectivity index (χ3n) is 7.44. The van der Waals surface area contributed by atoms with Gasteiger partial charge in [-0.05, 0) is 66.6 Å². The number of nitrogens with zero attached hydrogens (tertiary/aromatic N) is 2. The lowest BCUT2D eigenvalue weighted by atomic mass is 10.0. The molecule has 0 aliphatic heterocycles. The van der Waals surface area contributed by atoms with Crippen molar-refractivity contribution in [2.75, 3.05) is 24.5 Å². The van der Waals surface area contributed by atoms with Gasteiger partial charge in [-0.2, -0.15) is 0 Å². The molecule has 2 amide bonds. The fourth-order valence-corrected chi connectivity index (χ4v) is 6.42. The molecular weight excluding hydrogens is 629 g/mol. The van der Waals surface area contributed by atoms with Crippen LogP contribution in [0.15, 0.2) is 108 Å². The number of sulfonamides is 1. The molecule has 0 bridgehead atoms. The van der Waals surface area contributed by atoms with Crippen molar-refractivity contribution in [1.29, 1.82) is 0 Å². The maximum atomic E-state index is 15.0. The number of rotatable bonds is 15. The van der Waals surface area contributed by atoms with Gasteiger partial charge in [0.25, 0.3) is 10.0 Å². The average Bonchev–Trinajstić information content (AvgIpc) is 3.07. The Balaban J connectivity index is 1.79. The summed E-state index contributed by atoms with van der Waals surface area (Å²) in [7, 11) is -2.84. The maximum absolute atomic E-state index is 15.0. The van der Waals surface area contributed by atoms with Crippen LogP contribution in [0.4, 0.5) is 10.1 Å². The second kappa shape index (κ2) is 16.2. The number of ether oxygens (including phenoxy) is 1. The van der Waals surface area contributed by atoms with Crippen molar-refractivity contribution in [3.63, 3.8) is 0 Å². The Morgan fingerprint density at radius 2 is 1.57 bits per heavy atom. The van der Waals surface area contributed by atoms with Gasteiger partial charge in [0.05, 0.1) is 17.7 Å². The Labute approximate surface area is 274 Å². The minimum Gasteiger partial charge on any atom is -0.497 e. The summed E-state index contributed by atoms with van der Waals surface area (Å²) in [5, 5.41) is 3.29. The van der Waals surface area contributed by atoms with Crippen LogP contribution >= 0.6 is 11.6 Å². The molecule has 46 heavy (non-hydrogen) atoms. The molecule has 0 aromatic heterocycles. The molecule has 4 rings (SSSR count).